The summed E-state index contributed by atoms with van der Waals surface area (Å²) in [7, 11) is 0. The first-order chi connectivity index (χ1) is 31.3. The van der Waals surface area contributed by atoms with Crippen LogP contribution in [0, 0.1) is 5.41 Å². The Balaban J connectivity index is 0.839. The minimum absolute atomic E-state index is 0.0365. The first-order valence-electron chi connectivity index (χ1n) is 22.5. The van der Waals surface area contributed by atoms with Crippen LogP contribution in [0.15, 0.2) is 109 Å². The van der Waals surface area contributed by atoms with E-state index in [0.29, 0.717) is 43.7 Å². The van der Waals surface area contributed by atoms with E-state index in [9.17, 15) is 29.4 Å². The maximum Gasteiger partial charge on any atom is 0.264 e. The number of hydrogen-bond acceptors (Lipinski definition) is 8. The summed E-state index contributed by atoms with van der Waals surface area (Å²) in [4.78, 5) is 69.8. The third-order valence-corrected chi connectivity index (χ3v) is 12.8. The molecule has 1 saturated heterocycles. The van der Waals surface area contributed by atoms with Crippen LogP contribution in [0.2, 0.25) is 0 Å². The predicted octanol–water partition coefficient (Wildman–Crippen LogP) is 7.89. The van der Waals surface area contributed by atoms with Gasteiger partial charge in [-0.1, -0.05) is 117 Å². The predicted molar refractivity (Wildman–Crippen MR) is 244 cm³/mol. The SMILES string of the molecule is N=c1c2c(-c3ccccc3)c(-c3ccccc3)n(Cc3cccc(CNC(=O)CCCCCNc4cccc5c4C(=O)N(C4CCC(=O)NC4=O)C5=O)c3)c2ncn1C1CCCCC1. The van der Waals surface area contributed by atoms with Gasteiger partial charge in [-0.3, -0.25) is 39.6 Å². The van der Waals surface area contributed by atoms with E-state index in [1.807, 2.05) is 54.9 Å². The maximum atomic E-state index is 13.4. The van der Waals surface area contributed by atoms with Gasteiger partial charge in [0, 0.05) is 49.8 Å². The molecule has 1 atom stereocenters. The van der Waals surface area contributed by atoms with Crippen LogP contribution in [0.25, 0.3) is 33.4 Å². The molecule has 4 heterocycles. The molecule has 4 N–H and O–H groups in total. The number of nitrogens with zero attached hydrogens (tertiary/aromatic N) is 4. The Bertz CT molecular complexity index is 2810. The molecule has 326 valence electrons. The molecule has 3 aliphatic rings. The molecule has 0 radical (unpaired) electrons. The van der Waals surface area contributed by atoms with Crippen LogP contribution < -0.4 is 21.4 Å². The summed E-state index contributed by atoms with van der Waals surface area (Å²) in [5, 5.41) is 19.1. The van der Waals surface area contributed by atoms with Gasteiger partial charge in [0.1, 0.15) is 17.2 Å². The van der Waals surface area contributed by atoms with Gasteiger partial charge in [-0.2, -0.15) is 0 Å². The highest BCUT2D eigenvalue weighted by Crippen LogP contribution is 2.40. The van der Waals surface area contributed by atoms with Gasteiger partial charge in [-0.25, -0.2) is 4.98 Å². The van der Waals surface area contributed by atoms with Crippen LogP contribution in [-0.2, 0) is 27.5 Å². The topological polar surface area (TPSA) is 171 Å². The molecule has 6 aromatic rings. The fourth-order valence-electron chi connectivity index (χ4n) is 9.62. The van der Waals surface area contributed by atoms with Crippen LogP contribution in [0.3, 0.4) is 0 Å². The average molecular weight is 857 g/mol. The Morgan fingerprint density at radius 1 is 0.766 bits per heavy atom. The van der Waals surface area contributed by atoms with Gasteiger partial charge >= 0.3 is 0 Å². The van der Waals surface area contributed by atoms with E-state index >= 15 is 0 Å². The number of hydrogen-bond donors (Lipinski definition) is 4. The summed E-state index contributed by atoms with van der Waals surface area (Å²) in [6, 6.07) is 33.2. The summed E-state index contributed by atoms with van der Waals surface area (Å²) < 4.78 is 4.35. The van der Waals surface area contributed by atoms with Gasteiger partial charge in [0.05, 0.1) is 28.5 Å². The van der Waals surface area contributed by atoms with E-state index in [1.165, 1.54) is 6.42 Å². The van der Waals surface area contributed by atoms with E-state index in [2.05, 4.69) is 61.5 Å². The molecular formula is C51H52N8O5. The smallest absolute Gasteiger partial charge is 0.264 e. The molecule has 64 heavy (non-hydrogen) atoms. The van der Waals surface area contributed by atoms with Gasteiger partial charge in [0.15, 0.2) is 0 Å². The molecule has 2 aromatic heterocycles. The molecule has 0 spiro atoms. The molecule has 13 heteroatoms. The van der Waals surface area contributed by atoms with Crippen LogP contribution in [0.5, 0.6) is 0 Å². The Kier molecular flexibility index (Phi) is 12.3. The third kappa shape index (κ3) is 8.49. The van der Waals surface area contributed by atoms with Crippen molar-refractivity contribution in [1.29, 1.82) is 5.41 Å². The first kappa shape index (κ1) is 42.2. The summed E-state index contributed by atoms with van der Waals surface area (Å²) in [5.41, 5.74) is 8.42. The molecular weight excluding hydrogens is 805 g/mol. The van der Waals surface area contributed by atoms with Gasteiger partial charge in [0.2, 0.25) is 17.7 Å². The molecule has 13 nitrogen and oxygen atoms in total. The second-order valence-electron chi connectivity index (χ2n) is 17.0. The molecule has 2 aliphatic heterocycles. The Hall–Kier alpha value is -7.15. The van der Waals surface area contributed by atoms with E-state index in [1.54, 1.807) is 18.2 Å². The van der Waals surface area contributed by atoms with Crippen molar-refractivity contribution < 1.29 is 24.0 Å². The normalized spacial score (nSPS) is 16.6. The summed E-state index contributed by atoms with van der Waals surface area (Å²) in [5.74, 6) is -2.18. The number of carbonyl (C=O) groups excluding carboxylic acids is 5. The lowest BCUT2D eigenvalue weighted by Crippen LogP contribution is -2.54. The monoisotopic (exact) mass is 856 g/mol. The summed E-state index contributed by atoms with van der Waals surface area (Å²) >= 11 is 0. The third-order valence-electron chi connectivity index (χ3n) is 12.8. The number of anilines is 1. The van der Waals surface area contributed by atoms with Gasteiger partial charge in [-0.05, 0) is 66.5 Å². The van der Waals surface area contributed by atoms with Gasteiger partial charge in [-0.15, -0.1) is 0 Å². The van der Waals surface area contributed by atoms with Crippen LogP contribution in [0.4, 0.5) is 5.69 Å². The molecule has 9 rings (SSSR count). The number of carbonyl (C=O) groups is 5. The fourth-order valence-corrected chi connectivity index (χ4v) is 9.62. The van der Waals surface area contributed by atoms with Crippen molar-refractivity contribution in [2.24, 2.45) is 0 Å². The Labute approximate surface area is 371 Å². The van der Waals surface area contributed by atoms with Crippen molar-refractivity contribution >= 4 is 46.3 Å². The van der Waals surface area contributed by atoms with Crippen molar-refractivity contribution in [2.75, 3.05) is 11.9 Å². The lowest BCUT2D eigenvalue weighted by Gasteiger charge is -2.27. The first-order valence-corrected chi connectivity index (χ1v) is 22.5. The zero-order valence-electron chi connectivity index (χ0n) is 35.8. The zero-order chi connectivity index (χ0) is 44.2. The minimum Gasteiger partial charge on any atom is -0.384 e. The van der Waals surface area contributed by atoms with Gasteiger partial charge in [0.25, 0.3) is 11.8 Å². The van der Waals surface area contributed by atoms with Crippen LogP contribution in [0.1, 0.15) is 109 Å². The summed E-state index contributed by atoms with van der Waals surface area (Å²) in [6.45, 7) is 1.44. The number of aromatic nitrogens is 3. The zero-order valence-corrected chi connectivity index (χ0v) is 35.8. The number of benzene rings is 4. The lowest BCUT2D eigenvalue weighted by atomic mass is 9.95. The molecule has 4 aromatic carbocycles. The van der Waals surface area contributed by atoms with E-state index in [0.717, 1.165) is 88.0 Å². The van der Waals surface area contributed by atoms with Crippen molar-refractivity contribution in [3.8, 4) is 22.4 Å². The van der Waals surface area contributed by atoms with Crippen molar-refractivity contribution in [3.05, 3.63) is 137 Å². The van der Waals surface area contributed by atoms with Crippen LogP contribution in [-0.4, -0.2) is 61.1 Å². The summed E-state index contributed by atoms with van der Waals surface area (Å²) in [6.07, 6.45) is 10.3. The Morgan fingerprint density at radius 3 is 2.27 bits per heavy atom. The molecule has 1 unspecified atom stereocenters. The second-order valence-corrected chi connectivity index (χ2v) is 17.0. The highest BCUT2D eigenvalue weighted by molar-refractivity contribution is 6.25. The minimum atomic E-state index is -1.02. The van der Waals surface area contributed by atoms with E-state index in [-0.39, 0.29) is 35.9 Å². The fraction of sp³-hybridized carbons (Fsp3) is 0.314. The number of fused-ring (bicyclic) bond motifs is 2. The van der Waals surface area contributed by atoms with E-state index in [4.69, 9.17) is 4.98 Å². The molecule has 5 amide bonds. The van der Waals surface area contributed by atoms with Crippen molar-refractivity contribution in [2.45, 2.75) is 95.8 Å². The average Bonchev–Trinajstić information content (AvgIpc) is 3.78. The van der Waals surface area contributed by atoms with E-state index < -0.39 is 29.7 Å². The van der Waals surface area contributed by atoms with Crippen molar-refractivity contribution in [1.82, 2.24) is 29.7 Å². The highest BCUT2D eigenvalue weighted by atomic mass is 16.2. The lowest BCUT2D eigenvalue weighted by molar-refractivity contribution is -0.136. The number of nitrogens with one attached hydrogen (secondary N) is 4. The molecule has 2 fully saturated rings. The standard InChI is InChI=1S/C51H52N8O5/c52-47-45-43(35-17-5-1-6-18-35)46(36-19-7-2-8-20-36)57(48(45)55-32-58(47)37-21-9-3-10-22-37)31-34-16-13-15-33(29-34)30-54-41(60)25-11-4-12-28-53-39-24-14-23-38-44(39)51(64)59(50(38)63)40-26-27-42(61)56-49(40)62/h1-2,5-8,13-20,23-24,29,32,37,40,52-53H,3-4,9-12,21-22,25-28,30-31H2,(H,54,60)(H,56,61,62). The van der Waals surface area contributed by atoms with Gasteiger partial charge < -0.3 is 19.8 Å². The number of amides is 5. The molecule has 0 bridgehead atoms. The molecule has 1 saturated carbocycles. The second kappa shape index (κ2) is 18.7. The number of piperidine rings is 1. The highest BCUT2D eigenvalue weighted by Gasteiger charge is 2.45. The number of imide groups is 2. The maximum absolute atomic E-state index is 13.4. The largest absolute Gasteiger partial charge is 0.384 e. The number of rotatable bonds is 15. The quantitative estimate of drug-likeness (QED) is 0.0601. The van der Waals surface area contributed by atoms with Crippen molar-refractivity contribution in [3.63, 3.8) is 0 Å². The van der Waals surface area contributed by atoms with Crippen LogP contribution >= 0.6 is 0 Å². The molecule has 1 aliphatic carbocycles. The Morgan fingerprint density at radius 2 is 1.50 bits per heavy atom. The number of unbranched alkanes of at least 4 members (excludes halogenated alkanes) is 2.